The monoisotopic (exact) mass is 334 g/mol. The normalized spacial score (nSPS) is 10.2. The quantitative estimate of drug-likeness (QED) is 0.751. The van der Waals surface area contributed by atoms with Crippen molar-refractivity contribution in [3.63, 3.8) is 0 Å². The summed E-state index contributed by atoms with van der Waals surface area (Å²) in [7, 11) is 4.24. The molecule has 0 saturated carbocycles. The van der Waals surface area contributed by atoms with Gasteiger partial charge in [0.05, 0.1) is 26.9 Å². The van der Waals surface area contributed by atoms with Gasteiger partial charge in [0.1, 0.15) is 23.9 Å². The van der Waals surface area contributed by atoms with Crippen LogP contribution >= 0.6 is 0 Å². The van der Waals surface area contributed by atoms with Gasteiger partial charge >= 0.3 is 11.9 Å². The molecule has 0 aliphatic carbocycles. The molecule has 0 radical (unpaired) electrons. The predicted octanol–water partition coefficient (Wildman–Crippen LogP) is 2.75. The first-order chi connectivity index (χ1) is 11.5. The van der Waals surface area contributed by atoms with E-state index in [9.17, 15) is 9.59 Å². The van der Waals surface area contributed by atoms with E-state index in [1.165, 1.54) is 33.5 Å². The lowest BCUT2D eigenvalue weighted by molar-refractivity contribution is 0.0437. The summed E-state index contributed by atoms with van der Waals surface area (Å²) in [6.45, 7) is 1.59. The third kappa shape index (κ3) is 3.87. The fourth-order valence-electron chi connectivity index (χ4n) is 2.06. The second kappa shape index (κ2) is 7.54. The van der Waals surface area contributed by atoms with Crippen molar-refractivity contribution in [1.82, 2.24) is 0 Å². The SMILES string of the molecule is COC(=O)c1oc(COC(=O)c2cc(OC)cc(OC)c2)cc1C. The highest BCUT2D eigenvalue weighted by Gasteiger charge is 2.18. The maximum Gasteiger partial charge on any atom is 0.374 e. The lowest BCUT2D eigenvalue weighted by Gasteiger charge is -2.08. The summed E-state index contributed by atoms with van der Waals surface area (Å²) >= 11 is 0. The molecule has 2 aromatic rings. The summed E-state index contributed by atoms with van der Waals surface area (Å²) in [6.07, 6.45) is 0. The molecule has 24 heavy (non-hydrogen) atoms. The third-order valence-electron chi connectivity index (χ3n) is 3.27. The summed E-state index contributed by atoms with van der Waals surface area (Å²) in [5.74, 6) is 0.234. The van der Waals surface area contributed by atoms with Gasteiger partial charge in [-0.25, -0.2) is 9.59 Å². The number of carbonyl (C=O) groups is 2. The first-order valence-corrected chi connectivity index (χ1v) is 7.06. The first kappa shape index (κ1) is 17.4. The third-order valence-corrected chi connectivity index (χ3v) is 3.27. The van der Waals surface area contributed by atoms with E-state index in [-0.39, 0.29) is 17.9 Å². The van der Waals surface area contributed by atoms with Crippen LogP contribution in [0, 0.1) is 6.92 Å². The number of aryl methyl sites for hydroxylation is 1. The molecule has 2 rings (SSSR count). The molecule has 0 amide bonds. The lowest BCUT2D eigenvalue weighted by Crippen LogP contribution is -2.06. The molecular weight excluding hydrogens is 316 g/mol. The Labute approximate surface area is 139 Å². The van der Waals surface area contributed by atoms with Gasteiger partial charge in [-0.05, 0) is 25.1 Å². The van der Waals surface area contributed by atoms with Crippen LogP contribution in [0.2, 0.25) is 0 Å². The first-order valence-electron chi connectivity index (χ1n) is 7.06. The van der Waals surface area contributed by atoms with E-state index in [1.807, 2.05) is 0 Å². The van der Waals surface area contributed by atoms with E-state index < -0.39 is 11.9 Å². The number of esters is 2. The number of hydrogen-bond donors (Lipinski definition) is 0. The molecule has 0 fully saturated rings. The minimum absolute atomic E-state index is 0.0894. The van der Waals surface area contributed by atoms with Crippen molar-refractivity contribution in [1.29, 1.82) is 0 Å². The van der Waals surface area contributed by atoms with Crippen LogP contribution in [0.3, 0.4) is 0 Å². The predicted molar refractivity (Wildman–Crippen MR) is 83.5 cm³/mol. The van der Waals surface area contributed by atoms with Crippen molar-refractivity contribution >= 4 is 11.9 Å². The highest BCUT2D eigenvalue weighted by molar-refractivity contribution is 5.90. The Morgan fingerprint density at radius 3 is 2.12 bits per heavy atom. The minimum Gasteiger partial charge on any atom is -0.497 e. The summed E-state index contributed by atoms with van der Waals surface area (Å²) < 4.78 is 25.4. The van der Waals surface area contributed by atoms with Gasteiger partial charge < -0.3 is 23.4 Å². The number of benzene rings is 1. The molecule has 1 aromatic heterocycles. The molecule has 0 atom stereocenters. The van der Waals surface area contributed by atoms with Crippen molar-refractivity contribution in [3.8, 4) is 11.5 Å². The number of methoxy groups -OCH3 is 3. The van der Waals surface area contributed by atoms with Crippen LogP contribution in [0.1, 0.15) is 32.2 Å². The Bertz CT molecular complexity index is 723. The lowest BCUT2D eigenvalue weighted by atomic mass is 10.2. The maximum absolute atomic E-state index is 12.2. The van der Waals surface area contributed by atoms with Gasteiger partial charge in [-0.2, -0.15) is 0 Å². The van der Waals surface area contributed by atoms with Gasteiger partial charge in [0.15, 0.2) is 0 Å². The largest absolute Gasteiger partial charge is 0.497 e. The molecule has 0 bridgehead atoms. The highest BCUT2D eigenvalue weighted by atomic mass is 16.6. The molecule has 0 saturated heterocycles. The number of furan rings is 1. The Hall–Kier alpha value is -2.96. The number of rotatable bonds is 6. The molecule has 0 N–H and O–H groups in total. The van der Waals surface area contributed by atoms with Crippen molar-refractivity contribution in [2.24, 2.45) is 0 Å². The second-order valence-electron chi connectivity index (χ2n) is 4.89. The van der Waals surface area contributed by atoms with Gasteiger partial charge in [-0.1, -0.05) is 0 Å². The molecule has 7 heteroatoms. The van der Waals surface area contributed by atoms with E-state index in [2.05, 4.69) is 4.74 Å². The van der Waals surface area contributed by atoms with Crippen molar-refractivity contribution in [2.45, 2.75) is 13.5 Å². The molecule has 0 unspecified atom stereocenters. The molecule has 0 aliphatic rings. The molecule has 128 valence electrons. The van der Waals surface area contributed by atoms with E-state index in [0.717, 1.165) is 0 Å². The van der Waals surface area contributed by atoms with E-state index in [1.54, 1.807) is 19.1 Å². The van der Waals surface area contributed by atoms with E-state index in [0.29, 0.717) is 22.8 Å². The van der Waals surface area contributed by atoms with Gasteiger partial charge in [0, 0.05) is 11.6 Å². The molecule has 7 nitrogen and oxygen atoms in total. The smallest absolute Gasteiger partial charge is 0.374 e. The van der Waals surface area contributed by atoms with Crippen molar-refractivity contribution in [2.75, 3.05) is 21.3 Å². The zero-order valence-corrected chi connectivity index (χ0v) is 13.9. The number of hydrogen-bond acceptors (Lipinski definition) is 7. The van der Waals surface area contributed by atoms with Crippen LogP contribution in [-0.4, -0.2) is 33.3 Å². The minimum atomic E-state index is -0.581. The van der Waals surface area contributed by atoms with Gasteiger partial charge in [-0.3, -0.25) is 0 Å². The Morgan fingerprint density at radius 2 is 1.58 bits per heavy atom. The van der Waals surface area contributed by atoms with Crippen LogP contribution in [0.4, 0.5) is 0 Å². The summed E-state index contributed by atoms with van der Waals surface area (Å²) in [5, 5.41) is 0. The van der Waals surface area contributed by atoms with Gasteiger partial charge in [-0.15, -0.1) is 0 Å². The summed E-state index contributed by atoms with van der Waals surface area (Å²) in [4.78, 5) is 23.7. The summed E-state index contributed by atoms with van der Waals surface area (Å²) in [5.41, 5.74) is 0.888. The zero-order chi connectivity index (χ0) is 17.7. The molecule has 1 aromatic carbocycles. The van der Waals surface area contributed by atoms with Gasteiger partial charge in [0.25, 0.3) is 0 Å². The average Bonchev–Trinajstić information content (AvgIpc) is 2.99. The Morgan fingerprint density at radius 1 is 0.958 bits per heavy atom. The van der Waals surface area contributed by atoms with Crippen LogP contribution in [0.15, 0.2) is 28.7 Å². The summed E-state index contributed by atoms with van der Waals surface area (Å²) in [6, 6.07) is 6.34. The van der Waals surface area contributed by atoms with Crippen molar-refractivity contribution in [3.05, 3.63) is 46.9 Å². The average molecular weight is 334 g/mol. The Kier molecular flexibility index (Phi) is 5.47. The highest BCUT2D eigenvalue weighted by Crippen LogP contribution is 2.23. The standard InChI is InChI=1S/C17H18O7/c1-10-5-14(24-15(10)17(19)22-4)9-23-16(18)11-6-12(20-2)8-13(7-11)21-3/h5-8H,9H2,1-4H3. The van der Waals surface area contributed by atoms with Crippen LogP contribution in [-0.2, 0) is 16.1 Å². The molecule has 1 heterocycles. The number of ether oxygens (including phenoxy) is 4. The number of carbonyl (C=O) groups excluding carboxylic acids is 2. The molecule has 0 spiro atoms. The Balaban J connectivity index is 2.09. The molecular formula is C17H18O7. The maximum atomic E-state index is 12.2. The van der Waals surface area contributed by atoms with E-state index in [4.69, 9.17) is 18.6 Å². The van der Waals surface area contributed by atoms with Crippen LogP contribution < -0.4 is 9.47 Å². The fraction of sp³-hybridized carbons (Fsp3) is 0.294. The van der Waals surface area contributed by atoms with Crippen LogP contribution in [0.5, 0.6) is 11.5 Å². The second-order valence-corrected chi connectivity index (χ2v) is 4.89. The fourth-order valence-corrected chi connectivity index (χ4v) is 2.06. The molecule has 0 aliphatic heterocycles. The van der Waals surface area contributed by atoms with E-state index >= 15 is 0 Å². The van der Waals surface area contributed by atoms with Crippen molar-refractivity contribution < 1.29 is 33.0 Å². The van der Waals surface area contributed by atoms with Gasteiger partial charge in [0.2, 0.25) is 5.76 Å². The van der Waals surface area contributed by atoms with Crippen LogP contribution in [0.25, 0.3) is 0 Å². The topological polar surface area (TPSA) is 84.2 Å². The zero-order valence-electron chi connectivity index (χ0n) is 13.9.